The van der Waals surface area contributed by atoms with E-state index in [2.05, 4.69) is 59.6 Å². The molecule has 0 saturated carbocycles. The van der Waals surface area contributed by atoms with E-state index in [0.717, 1.165) is 31.7 Å². The molecule has 1 fully saturated rings. The quantitative estimate of drug-likeness (QED) is 0.525. The van der Waals surface area contributed by atoms with Crippen LogP contribution in [0.15, 0.2) is 66.7 Å². The number of aliphatic carboxylic acids is 1. The van der Waals surface area contributed by atoms with Gasteiger partial charge in [0, 0.05) is 24.8 Å². The lowest BCUT2D eigenvalue weighted by Gasteiger charge is -2.35. The van der Waals surface area contributed by atoms with Gasteiger partial charge in [-0.3, -0.25) is 0 Å². The minimum Gasteiger partial charge on any atom is -0.482 e. The number of morpholine rings is 1. The molecule has 168 valence electrons. The molecular weight excluding hydrogens is 404 g/mol. The number of ether oxygens (including phenoxy) is 2. The smallest absolute Gasteiger partial charge is 0.341 e. The first-order valence-electron chi connectivity index (χ1n) is 11.1. The molecule has 0 amide bonds. The van der Waals surface area contributed by atoms with Gasteiger partial charge in [0.15, 0.2) is 6.61 Å². The predicted octanol–water partition coefficient (Wildman–Crippen LogP) is 4.25. The Morgan fingerprint density at radius 1 is 1.16 bits per heavy atom. The number of nitrogens with one attached hydrogen (secondary N) is 1. The van der Waals surface area contributed by atoms with Crippen LogP contribution in [0.5, 0.6) is 5.75 Å². The van der Waals surface area contributed by atoms with Gasteiger partial charge in [0.1, 0.15) is 5.75 Å². The number of fused-ring (bicyclic) bond motifs is 1. The van der Waals surface area contributed by atoms with E-state index in [4.69, 9.17) is 14.6 Å². The van der Waals surface area contributed by atoms with E-state index in [1.165, 1.54) is 16.3 Å². The summed E-state index contributed by atoms with van der Waals surface area (Å²) in [6.07, 6.45) is 1.10. The molecule has 2 atom stereocenters. The van der Waals surface area contributed by atoms with Gasteiger partial charge in [-0.25, -0.2) is 4.79 Å². The third-order valence-corrected chi connectivity index (χ3v) is 5.91. The van der Waals surface area contributed by atoms with Gasteiger partial charge in [-0.15, -0.1) is 0 Å². The Hall–Kier alpha value is -3.09. The molecule has 32 heavy (non-hydrogen) atoms. The van der Waals surface area contributed by atoms with Crippen molar-refractivity contribution in [1.82, 2.24) is 5.32 Å². The Morgan fingerprint density at radius 3 is 2.75 bits per heavy atom. The van der Waals surface area contributed by atoms with Gasteiger partial charge in [0.2, 0.25) is 0 Å². The fraction of sp³-hybridized carbons (Fsp3) is 0.346. The minimum atomic E-state index is -0.978. The molecule has 1 aliphatic rings. The van der Waals surface area contributed by atoms with Crippen LogP contribution in [0.25, 0.3) is 10.8 Å². The second-order valence-electron chi connectivity index (χ2n) is 8.15. The topological polar surface area (TPSA) is 71.0 Å². The highest BCUT2D eigenvalue weighted by Crippen LogP contribution is 2.25. The van der Waals surface area contributed by atoms with Gasteiger partial charge in [-0.05, 0) is 60.5 Å². The largest absolute Gasteiger partial charge is 0.482 e. The van der Waals surface area contributed by atoms with Crippen LogP contribution in [0.4, 0.5) is 5.69 Å². The summed E-state index contributed by atoms with van der Waals surface area (Å²) in [5.74, 6) is -0.416. The maximum Gasteiger partial charge on any atom is 0.341 e. The molecule has 6 heteroatoms. The maximum atomic E-state index is 10.6. The molecule has 3 aromatic rings. The number of carboxylic acid groups (broad SMARTS) is 1. The van der Waals surface area contributed by atoms with E-state index in [9.17, 15) is 4.79 Å². The molecule has 0 radical (unpaired) electrons. The predicted molar refractivity (Wildman–Crippen MR) is 127 cm³/mol. The first-order valence-corrected chi connectivity index (χ1v) is 11.1. The molecule has 2 N–H and O–H groups in total. The molecular formula is C26H30N2O4. The molecule has 0 spiro atoms. The van der Waals surface area contributed by atoms with Crippen molar-refractivity contribution in [2.24, 2.45) is 0 Å². The number of benzene rings is 3. The lowest BCUT2D eigenvalue weighted by Crippen LogP contribution is -2.43. The van der Waals surface area contributed by atoms with Crippen LogP contribution in [0, 0.1) is 0 Å². The Balaban J connectivity index is 1.28. The summed E-state index contributed by atoms with van der Waals surface area (Å²) in [5.41, 5.74) is 2.41. The first-order chi connectivity index (χ1) is 15.6. The summed E-state index contributed by atoms with van der Waals surface area (Å²) in [7, 11) is 0. The summed E-state index contributed by atoms with van der Waals surface area (Å²) in [6.45, 7) is 5.13. The zero-order valence-electron chi connectivity index (χ0n) is 18.4. The molecule has 1 saturated heterocycles. The van der Waals surface area contributed by atoms with Gasteiger partial charge in [-0.1, -0.05) is 42.5 Å². The van der Waals surface area contributed by atoms with Crippen LogP contribution in [0.1, 0.15) is 24.9 Å². The highest BCUT2D eigenvalue weighted by atomic mass is 16.5. The van der Waals surface area contributed by atoms with Crippen molar-refractivity contribution < 1.29 is 19.4 Å². The molecule has 0 aliphatic carbocycles. The molecule has 2 unspecified atom stereocenters. The number of hydrogen-bond donors (Lipinski definition) is 2. The Morgan fingerprint density at radius 2 is 1.94 bits per heavy atom. The fourth-order valence-electron chi connectivity index (χ4n) is 4.23. The van der Waals surface area contributed by atoms with Gasteiger partial charge in [0.05, 0.1) is 12.7 Å². The van der Waals surface area contributed by atoms with Gasteiger partial charge in [0.25, 0.3) is 0 Å². The van der Waals surface area contributed by atoms with Gasteiger partial charge in [-0.2, -0.15) is 0 Å². The first kappa shape index (κ1) is 22.1. The molecule has 1 aliphatic heterocycles. The monoisotopic (exact) mass is 434 g/mol. The van der Waals surface area contributed by atoms with Crippen LogP contribution in [0.2, 0.25) is 0 Å². The fourth-order valence-corrected chi connectivity index (χ4v) is 4.23. The van der Waals surface area contributed by atoms with E-state index in [0.29, 0.717) is 12.4 Å². The van der Waals surface area contributed by atoms with Crippen LogP contribution >= 0.6 is 0 Å². The second-order valence-corrected chi connectivity index (χ2v) is 8.15. The van der Waals surface area contributed by atoms with Crippen molar-refractivity contribution in [3.05, 3.63) is 72.3 Å². The van der Waals surface area contributed by atoms with E-state index in [-0.39, 0.29) is 18.8 Å². The lowest BCUT2D eigenvalue weighted by molar-refractivity contribution is -0.139. The second kappa shape index (κ2) is 10.5. The van der Waals surface area contributed by atoms with Crippen molar-refractivity contribution in [2.45, 2.75) is 25.5 Å². The molecule has 0 bridgehead atoms. The summed E-state index contributed by atoms with van der Waals surface area (Å²) in [4.78, 5) is 12.9. The number of carboxylic acids is 1. The molecule has 6 nitrogen and oxygen atoms in total. The number of carbonyl (C=O) groups is 1. The third-order valence-electron chi connectivity index (χ3n) is 5.91. The van der Waals surface area contributed by atoms with E-state index in [1.54, 1.807) is 0 Å². The number of hydrogen-bond acceptors (Lipinski definition) is 5. The zero-order valence-corrected chi connectivity index (χ0v) is 18.4. The van der Waals surface area contributed by atoms with Crippen LogP contribution in [-0.2, 0) is 9.53 Å². The summed E-state index contributed by atoms with van der Waals surface area (Å²) in [6, 6.07) is 22.8. The van der Waals surface area contributed by atoms with E-state index >= 15 is 0 Å². The van der Waals surface area contributed by atoms with Crippen LogP contribution < -0.4 is 15.0 Å². The molecule has 4 rings (SSSR count). The van der Waals surface area contributed by atoms with Gasteiger partial charge >= 0.3 is 5.97 Å². The average Bonchev–Trinajstić information content (AvgIpc) is 2.83. The van der Waals surface area contributed by atoms with Crippen molar-refractivity contribution in [1.29, 1.82) is 0 Å². The standard InChI is InChI=1S/C26H30N2O4/c1-19(24-8-4-6-20-5-2-3-7-25(20)24)27-14-13-23-17-28(15-16-31-23)21-9-11-22(12-10-21)32-18-26(29)30/h2-12,19,23,27H,13-18H2,1H3,(H,29,30). The third kappa shape index (κ3) is 5.58. The summed E-state index contributed by atoms with van der Waals surface area (Å²) in [5, 5.41) is 15.0. The SMILES string of the molecule is CC(NCCC1CN(c2ccc(OCC(=O)O)cc2)CCO1)c1cccc2ccccc12. The lowest BCUT2D eigenvalue weighted by atomic mass is 9.99. The van der Waals surface area contributed by atoms with Crippen molar-refractivity contribution in [2.75, 3.05) is 37.7 Å². The number of nitrogens with zero attached hydrogens (tertiary/aromatic N) is 1. The molecule has 1 heterocycles. The maximum absolute atomic E-state index is 10.6. The minimum absolute atomic E-state index is 0.166. The number of rotatable bonds is 9. The average molecular weight is 435 g/mol. The Bertz CT molecular complexity index is 1030. The van der Waals surface area contributed by atoms with Gasteiger partial charge < -0.3 is 24.8 Å². The van der Waals surface area contributed by atoms with Crippen molar-refractivity contribution in [3.8, 4) is 5.75 Å². The normalized spacial score (nSPS) is 17.3. The van der Waals surface area contributed by atoms with Crippen LogP contribution in [-0.4, -0.2) is 50.0 Å². The number of anilines is 1. The van der Waals surface area contributed by atoms with E-state index < -0.39 is 5.97 Å². The zero-order chi connectivity index (χ0) is 22.3. The summed E-state index contributed by atoms with van der Waals surface area (Å²) >= 11 is 0. The Kier molecular flexibility index (Phi) is 7.24. The highest BCUT2D eigenvalue weighted by Gasteiger charge is 2.21. The Labute approximate surface area is 188 Å². The van der Waals surface area contributed by atoms with Crippen LogP contribution in [0.3, 0.4) is 0 Å². The molecule has 3 aromatic carbocycles. The van der Waals surface area contributed by atoms with Crippen molar-refractivity contribution >= 4 is 22.4 Å². The van der Waals surface area contributed by atoms with Crippen molar-refractivity contribution in [3.63, 3.8) is 0 Å². The summed E-state index contributed by atoms with van der Waals surface area (Å²) < 4.78 is 11.2. The highest BCUT2D eigenvalue weighted by molar-refractivity contribution is 5.86. The molecule has 0 aromatic heterocycles. The van der Waals surface area contributed by atoms with E-state index in [1.807, 2.05) is 24.3 Å².